The minimum Gasteiger partial charge on any atom is -0.486 e. The summed E-state index contributed by atoms with van der Waals surface area (Å²) in [6.07, 6.45) is -0.189. The Hall–Kier alpha value is -2.69. The van der Waals surface area contributed by atoms with Crippen molar-refractivity contribution in [1.82, 2.24) is 5.32 Å². The Bertz CT molecular complexity index is 743. The first kappa shape index (κ1) is 18.1. The molecule has 2 aromatic carbocycles. The van der Waals surface area contributed by atoms with Gasteiger partial charge in [-0.25, -0.2) is 0 Å². The number of anilines is 1. The lowest BCUT2D eigenvalue weighted by molar-refractivity contribution is -0.122. The first-order chi connectivity index (χ1) is 12.5. The lowest BCUT2D eigenvalue weighted by atomic mass is 10.0. The minimum atomic E-state index is -0.336. The van der Waals surface area contributed by atoms with E-state index in [1.54, 1.807) is 0 Å². The minimum absolute atomic E-state index is 0.0691. The first-order valence-corrected chi connectivity index (χ1v) is 9.05. The van der Waals surface area contributed by atoms with Crippen molar-refractivity contribution in [2.24, 2.45) is 0 Å². The summed E-state index contributed by atoms with van der Waals surface area (Å²) in [5.74, 6) is 1.89. The summed E-state index contributed by atoms with van der Waals surface area (Å²) in [4.78, 5) is 12.3. The summed E-state index contributed by atoms with van der Waals surface area (Å²) < 4.78 is 11.5. The summed E-state index contributed by atoms with van der Waals surface area (Å²) in [6, 6.07) is 15.4. The number of rotatable bonds is 6. The van der Waals surface area contributed by atoms with E-state index in [9.17, 15) is 4.79 Å². The number of benzene rings is 2. The van der Waals surface area contributed by atoms with E-state index in [1.807, 2.05) is 43.3 Å². The predicted octanol–water partition coefficient (Wildman–Crippen LogP) is 3.57. The van der Waals surface area contributed by atoms with Gasteiger partial charge in [-0.2, -0.15) is 0 Å². The fourth-order valence-electron chi connectivity index (χ4n) is 2.81. The second kappa shape index (κ2) is 8.13. The van der Waals surface area contributed by atoms with Crippen molar-refractivity contribution in [3.05, 3.63) is 54.1 Å². The second-order valence-electron chi connectivity index (χ2n) is 6.89. The number of ether oxygens (including phenoxy) is 2. The third kappa shape index (κ3) is 4.48. The van der Waals surface area contributed by atoms with Gasteiger partial charge >= 0.3 is 0 Å². The molecule has 1 heterocycles. The molecule has 0 saturated heterocycles. The predicted molar refractivity (Wildman–Crippen MR) is 103 cm³/mol. The number of fused-ring (bicyclic) bond motifs is 1. The molecule has 0 spiro atoms. The number of hydrogen-bond donors (Lipinski definition) is 2. The van der Waals surface area contributed by atoms with Crippen molar-refractivity contribution < 1.29 is 14.3 Å². The highest BCUT2D eigenvalue weighted by Gasteiger charge is 2.22. The van der Waals surface area contributed by atoms with Crippen molar-refractivity contribution >= 4 is 11.6 Å². The van der Waals surface area contributed by atoms with Crippen LogP contribution in [0.3, 0.4) is 0 Å². The van der Waals surface area contributed by atoms with E-state index in [2.05, 4.69) is 36.6 Å². The van der Waals surface area contributed by atoms with Gasteiger partial charge in [-0.05, 0) is 42.7 Å². The van der Waals surface area contributed by atoms with Crippen LogP contribution in [0.15, 0.2) is 48.5 Å². The molecule has 1 aliphatic rings. The van der Waals surface area contributed by atoms with Crippen molar-refractivity contribution in [3.63, 3.8) is 0 Å². The molecule has 0 aliphatic carbocycles. The van der Waals surface area contributed by atoms with Crippen LogP contribution in [0.2, 0.25) is 0 Å². The second-order valence-corrected chi connectivity index (χ2v) is 6.89. The number of carbonyl (C=O) groups is 1. The average Bonchev–Trinajstić information content (AvgIpc) is 2.66. The van der Waals surface area contributed by atoms with Gasteiger partial charge in [0.15, 0.2) is 11.5 Å². The summed E-state index contributed by atoms with van der Waals surface area (Å²) in [5.41, 5.74) is 2.21. The normalized spacial score (nSPS) is 16.8. The van der Waals surface area contributed by atoms with Gasteiger partial charge in [0.1, 0.15) is 18.8 Å². The van der Waals surface area contributed by atoms with Crippen LogP contribution in [0.5, 0.6) is 11.5 Å². The monoisotopic (exact) mass is 354 g/mol. The molecule has 3 rings (SSSR count). The SMILES string of the molecule is CC(Nc1ccc(C(C)C)cc1)C(=O)NCC1COc2ccccc2O1. The Labute approximate surface area is 154 Å². The van der Waals surface area contributed by atoms with Gasteiger partial charge in [0.05, 0.1) is 6.54 Å². The molecular weight excluding hydrogens is 328 g/mol. The third-order valence-corrected chi connectivity index (χ3v) is 4.43. The number of nitrogens with one attached hydrogen (secondary N) is 2. The molecule has 26 heavy (non-hydrogen) atoms. The van der Waals surface area contributed by atoms with E-state index in [4.69, 9.17) is 9.47 Å². The van der Waals surface area contributed by atoms with Crippen molar-refractivity contribution in [2.45, 2.75) is 38.8 Å². The molecule has 0 fully saturated rings. The largest absolute Gasteiger partial charge is 0.486 e. The van der Waals surface area contributed by atoms with E-state index in [1.165, 1.54) is 5.56 Å². The van der Waals surface area contributed by atoms with Gasteiger partial charge in [-0.1, -0.05) is 38.1 Å². The van der Waals surface area contributed by atoms with Crippen molar-refractivity contribution in [2.75, 3.05) is 18.5 Å². The van der Waals surface area contributed by atoms with Crippen LogP contribution in [0, 0.1) is 0 Å². The molecule has 1 aliphatic heterocycles. The Morgan fingerprint density at radius 3 is 2.46 bits per heavy atom. The van der Waals surface area contributed by atoms with E-state index in [0.717, 1.165) is 17.2 Å². The third-order valence-electron chi connectivity index (χ3n) is 4.43. The highest BCUT2D eigenvalue weighted by atomic mass is 16.6. The van der Waals surface area contributed by atoms with Gasteiger partial charge in [0, 0.05) is 5.69 Å². The van der Waals surface area contributed by atoms with Crippen molar-refractivity contribution in [1.29, 1.82) is 0 Å². The maximum atomic E-state index is 12.3. The van der Waals surface area contributed by atoms with Crippen LogP contribution in [0.25, 0.3) is 0 Å². The molecule has 0 bridgehead atoms. The molecule has 138 valence electrons. The maximum absolute atomic E-state index is 12.3. The number of para-hydroxylation sites is 2. The van der Waals surface area contributed by atoms with Crippen LogP contribution >= 0.6 is 0 Å². The van der Waals surface area contributed by atoms with E-state index in [-0.39, 0.29) is 18.1 Å². The first-order valence-electron chi connectivity index (χ1n) is 9.05. The van der Waals surface area contributed by atoms with Crippen LogP contribution in [0.4, 0.5) is 5.69 Å². The van der Waals surface area contributed by atoms with Crippen LogP contribution in [0.1, 0.15) is 32.3 Å². The lowest BCUT2D eigenvalue weighted by Gasteiger charge is -2.27. The standard InChI is InChI=1S/C21H26N2O3/c1-14(2)16-8-10-17(11-9-16)23-15(3)21(24)22-12-18-13-25-19-6-4-5-7-20(19)26-18/h4-11,14-15,18,23H,12-13H2,1-3H3,(H,22,24). The average molecular weight is 354 g/mol. The Morgan fingerprint density at radius 1 is 1.08 bits per heavy atom. The fraction of sp³-hybridized carbons (Fsp3) is 0.381. The molecule has 5 heteroatoms. The molecule has 1 amide bonds. The van der Waals surface area contributed by atoms with E-state index >= 15 is 0 Å². The summed E-state index contributed by atoms with van der Waals surface area (Å²) in [7, 11) is 0. The quantitative estimate of drug-likeness (QED) is 0.833. The van der Waals surface area contributed by atoms with Crippen LogP contribution in [-0.4, -0.2) is 31.2 Å². The number of carbonyl (C=O) groups excluding carboxylic acids is 1. The fourth-order valence-corrected chi connectivity index (χ4v) is 2.81. The van der Waals surface area contributed by atoms with Gasteiger partial charge in [-0.3, -0.25) is 4.79 Å². The molecule has 2 atom stereocenters. The summed E-state index contributed by atoms with van der Waals surface area (Å²) in [6.45, 7) is 7.00. The van der Waals surface area contributed by atoms with Crippen LogP contribution in [-0.2, 0) is 4.79 Å². The van der Waals surface area contributed by atoms with Crippen molar-refractivity contribution in [3.8, 4) is 11.5 Å². The zero-order valence-electron chi connectivity index (χ0n) is 15.5. The highest BCUT2D eigenvalue weighted by molar-refractivity contribution is 5.84. The van der Waals surface area contributed by atoms with Gasteiger partial charge in [-0.15, -0.1) is 0 Å². The smallest absolute Gasteiger partial charge is 0.242 e. The number of hydrogen-bond acceptors (Lipinski definition) is 4. The molecular formula is C21H26N2O3. The van der Waals surface area contributed by atoms with Gasteiger partial charge < -0.3 is 20.1 Å². The topological polar surface area (TPSA) is 59.6 Å². The number of amides is 1. The zero-order valence-corrected chi connectivity index (χ0v) is 15.5. The molecule has 0 radical (unpaired) electrons. The van der Waals surface area contributed by atoms with E-state index in [0.29, 0.717) is 19.1 Å². The maximum Gasteiger partial charge on any atom is 0.242 e. The molecule has 0 saturated carbocycles. The molecule has 5 nitrogen and oxygen atoms in total. The van der Waals surface area contributed by atoms with E-state index < -0.39 is 0 Å². The molecule has 2 unspecified atom stereocenters. The molecule has 0 aromatic heterocycles. The Kier molecular flexibility index (Phi) is 5.66. The molecule has 2 N–H and O–H groups in total. The van der Waals surface area contributed by atoms with Crippen LogP contribution < -0.4 is 20.1 Å². The zero-order chi connectivity index (χ0) is 18.5. The highest BCUT2D eigenvalue weighted by Crippen LogP contribution is 2.30. The lowest BCUT2D eigenvalue weighted by Crippen LogP contribution is -2.45. The Morgan fingerprint density at radius 2 is 1.77 bits per heavy atom. The molecule has 2 aromatic rings. The summed E-state index contributed by atoms with van der Waals surface area (Å²) >= 11 is 0. The van der Waals surface area contributed by atoms with Gasteiger partial charge in [0.25, 0.3) is 0 Å². The Balaban J connectivity index is 1.47. The summed E-state index contributed by atoms with van der Waals surface area (Å²) in [5, 5.41) is 6.15. The van der Waals surface area contributed by atoms with Gasteiger partial charge in [0.2, 0.25) is 5.91 Å².